The quantitative estimate of drug-likeness (QED) is 0.927. The molecular weight excluding hydrogens is 250 g/mol. The Hall–Kier alpha value is -2.10. The van der Waals surface area contributed by atoms with Gasteiger partial charge in [-0.3, -0.25) is 4.79 Å². The first-order valence-corrected chi connectivity index (χ1v) is 7.13. The maximum absolute atomic E-state index is 11.9. The van der Waals surface area contributed by atoms with E-state index in [2.05, 4.69) is 22.4 Å². The van der Waals surface area contributed by atoms with Crippen LogP contribution in [0.5, 0.6) is 0 Å². The van der Waals surface area contributed by atoms with Gasteiger partial charge in [-0.1, -0.05) is 18.6 Å². The number of amides is 1. The van der Waals surface area contributed by atoms with E-state index in [9.17, 15) is 4.79 Å². The minimum absolute atomic E-state index is 0.0555. The fraction of sp³-hybridized carbons (Fsp3) is 0.375. The van der Waals surface area contributed by atoms with Crippen molar-refractivity contribution in [1.29, 1.82) is 0 Å². The molecular formula is C16H19N3O. The molecule has 1 atom stereocenters. The second kappa shape index (κ2) is 5.49. The summed E-state index contributed by atoms with van der Waals surface area (Å²) in [7, 11) is 0. The molecule has 1 aliphatic rings. The van der Waals surface area contributed by atoms with Crippen molar-refractivity contribution in [2.75, 3.05) is 0 Å². The molecule has 20 heavy (non-hydrogen) atoms. The summed E-state index contributed by atoms with van der Waals surface area (Å²) in [6, 6.07) is 8.26. The molecule has 2 aromatic rings. The number of nitrogens with zero attached hydrogens (tertiary/aromatic N) is 2. The summed E-state index contributed by atoms with van der Waals surface area (Å²) in [5, 5.41) is 3.09. The number of nitrogens with one attached hydrogen (secondary N) is 1. The van der Waals surface area contributed by atoms with E-state index >= 15 is 0 Å². The maximum atomic E-state index is 11.9. The van der Waals surface area contributed by atoms with E-state index in [1.807, 2.05) is 29.8 Å². The van der Waals surface area contributed by atoms with Crippen molar-refractivity contribution in [3.8, 4) is 5.69 Å². The third-order valence-corrected chi connectivity index (χ3v) is 4.03. The summed E-state index contributed by atoms with van der Waals surface area (Å²) in [6.07, 6.45) is 8.71. The first kappa shape index (κ1) is 12.9. The van der Waals surface area contributed by atoms with Gasteiger partial charge in [0.2, 0.25) is 5.91 Å². The zero-order valence-corrected chi connectivity index (χ0v) is 11.6. The van der Waals surface area contributed by atoms with Crippen LogP contribution in [0.2, 0.25) is 0 Å². The fourth-order valence-electron chi connectivity index (χ4n) is 2.43. The summed E-state index contributed by atoms with van der Waals surface area (Å²) in [5.41, 5.74) is 2.20. The molecule has 1 aromatic heterocycles. The number of hydrogen-bond acceptors (Lipinski definition) is 2. The third kappa shape index (κ3) is 2.59. The van der Waals surface area contributed by atoms with Crippen LogP contribution in [0.4, 0.5) is 0 Å². The molecule has 0 unspecified atom stereocenters. The predicted molar refractivity (Wildman–Crippen MR) is 77.5 cm³/mol. The van der Waals surface area contributed by atoms with Crippen molar-refractivity contribution in [1.82, 2.24) is 14.9 Å². The van der Waals surface area contributed by atoms with Gasteiger partial charge in [0.05, 0.1) is 12.4 Å². The van der Waals surface area contributed by atoms with Crippen LogP contribution in [0, 0.1) is 5.92 Å². The Labute approximate surface area is 118 Å². The van der Waals surface area contributed by atoms with Crippen molar-refractivity contribution in [3.05, 3.63) is 48.5 Å². The SMILES string of the molecule is C[C@H](NC(=O)C1CCC1)c1ccc(-n2ccnc2)cc1. The first-order valence-electron chi connectivity index (χ1n) is 7.13. The molecule has 104 valence electrons. The van der Waals surface area contributed by atoms with Gasteiger partial charge < -0.3 is 9.88 Å². The van der Waals surface area contributed by atoms with E-state index in [1.54, 1.807) is 12.5 Å². The van der Waals surface area contributed by atoms with Gasteiger partial charge in [-0.15, -0.1) is 0 Å². The highest BCUT2D eigenvalue weighted by molar-refractivity contribution is 5.79. The average molecular weight is 269 g/mol. The third-order valence-electron chi connectivity index (χ3n) is 4.03. The van der Waals surface area contributed by atoms with Crippen molar-refractivity contribution in [2.45, 2.75) is 32.2 Å². The van der Waals surface area contributed by atoms with Crippen molar-refractivity contribution in [3.63, 3.8) is 0 Å². The summed E-state index contributed by atoms with van der Waals surface area (Å²) in [6.45, 7) is 2.03. The fourth-order valence-corrected chi connectivity index (χ4v) is 2.43. The molecule has 0 radical (unpaired) electrons. The van der Waals surface area contributed by atoms with Crippen LogP contribution in [0.1, 0.15) is 37.8 Å². The van der Waals surface area contributed by atoms with Gasteiger partial charge in [-0.25, -0.2) is 4.98 Å². The number of carbonyl (C=O) groups is 1. The second-order valence-corrected chi connectivity index (χ2v) is 5.42. The number of hydrogen-bond donors (Lipinski definition) is 1. The van der Waals surface area contributed by atoms with E-state index in [4.69, 9.17) is 0 Å². The Kier molecular flexibility index (Phi) is 3.54. The summed E-state index contributed by atoms with van der Waals surface area (Å²) >= 11 is 0. The smallest absolute Gasteiger partial charge is 0.223 e. The molecule has 1 saturated carbocycles. The number of carbonyl (C=O) groups excluding carboxylic acids is 1. The predicted octanol–water partition coefficient (Wildman–Crippen LogP) is 2.85. The molecule has 1 N–H and O–H groups in total. The standard InChI is InChI=1S/C16H19N3O/c1-12(18-16(20)14-3-2-4-14)13-5-7-15(8-6-13)19-10-9-17-11-19/h5-12,14H,2-4H2,1H3,(H,18,20)/t12-/m0/s1. The second-order valence-electron chi connectivity index (χ2n) is 5.42. The molecule has 4 heteroatoms. The number of rotatable bonds is 4. The molecule has 0 saturated heterocycles. The van der Waals surface area contributed by atoms with Gasteiger partial charge in [-0.2, -0.15) is 0 Å². The molecule has 1 heterocycles. The zero-order chi connectivity index (χ0) is 13.9. The van der Waals surface area contributed by atoms with Crippen LogP contribution >= 0.6 is 0 Å². The Morgan fingerprint density at radius 2 is 2.10 bits per heavy atom. The Morgan fingerprint density at radius 1 is 1.35 bits per heavy atom. The summed E-state index contributed by atoms with van der Waals surface area (Å²) in [5.74, 6) is 0.435. The highest BCUT2D eigenvalue weighted by Crippen LogP contribution is 2.27. The lowest BCUT2D eigenvalue weighted by Crippen LogP contribution is -2.35. The average Bonchev–Trinajstić information content (AvgIpc) is 2.90. The molecule has 1 aromatic carbocycles. The van der Waals surface area contributed by atoms with E-state index < -0.39 is 0 Å². The number of imidazole rings is 1. The molecule has 3 rings (SSSR count). The summed E-state index contributed by atoms with van der Waals surface area (Å²) < 4.78 is 1.96. The number of aromatic nitrogens is 2. The van der Waals surface area contributed by atoms with E-state index in [0.29, 0.717) is 0 Å². The zero-order valence-electron chi connectivity index (χ0n) is 11.6. The largest absolute Gasteiger partial charge is 0.349 e. The summed E-state index contributed by atoms with van der Waals surface area (Å²) in [4.78, 5) is 16.0. The molecule has 0 spiro atoms. The van der Waals surface area contributed by atoms with Gasteiger partial charge in [-0.05, 0) is 37.5 Å². The maximum Gasteiger partial charge on any atom is 0.223 e. The van der Waals surface area contributed by atoms with Crippen LogP contribution in [0.3, 0.4) is 0 Å². The Balaban J connectivity index is 1.66. The molecule has 4 nitrogen and oxygen atoms in total. The Morgan fingerprint density at radius 3 is 2.65 bits per heavy atom. The van der Waals surface area contributed by atoms with Crippen molar-refractivity contribution in [2.24, 2.45) is 5.92 Å². The lowest BCUT2D eigenvalue weighted by Gasteiger charge is -2.26. The number of benzene rings is 1. The van der Waals surface area contributed by atoms with Crippen LogP contribution < -0.4 is 5.32 Å². The van der Waals surface area contributed by atoms with Crippen LogP contribution in [0.25, 0.3) is 5.69 Å². The lowest BCUT2D eigenvalue weighted by molar-refractivity contribution is -0.128. The topological polar surface area (TPSA) is 46.9 Å². The molecule has 0 bridgehead atoms. The van der Waals surface area contributed by atoms with Gasteiger partial charge in [0.1, 0.15) is 0 Å². The minimum atomic E-state index is 0.0555. The Bertz CT molecular complexity index is 570. The molecule has 1 amide bonds. The molecule has 0 aliphatic heterocycles. The van der Waals surface area contributed by atoms with Crippen molar-refractivity contribution >= 4 is 5.91 Å². The molecule has 1 fully saturated rings. The van der Waals surface area contributed by atoms with Crippen LogP contribution in [0.15, 0.2) is 43.0 Å². The van der Waals surface area contributed by atoms with Crippen LogP contribution in [-0.2, 0) is 4.79 Å². The van der Waals surface area contributed by atoms with Gasteiger partial charge in [0.25, 0.3) is 0 Å². The van der Waals surface area contributed by atoms with Crippen LogP contribution in [-0.4, -0.2) is 15.5 Å². The van der Waals surface area contributed by atoms with E-state index in [-0.39, 0.29) is 17.9 Å². The van der Waals surface area contributed by atoms with Gasteiger partial charge in [0.15, 0.2) is 0 Å². The highest BCUT2D eigenvalue weighted by Gasteiger charge is 2.26. The first-order chi connectivity index (χ1) is 9.74. The van der Waals surface area contributed by atoms with Gasteiger partial charge >= 0.3 is 0 Å². The minimum Gasteiger partial charge on any atom is -0.349 e. The monoisotopic (exact) mass is 269 g/mol. The highest BCUT2D eigenvalue weighted by atomic mass is 16.1. The van der Waals surface area contributed by atoms with Crippen molar-refractivity contribution < 1.29 is 4.79 Å². The van der Waals surface area contributed by atoms with E-state index in [0.717, 1.165) is 24.1 Å². The normalized spacial score (nSPS) is 16.4. The lowest BCUT2D eigenvalue weighted by atomic mass is 9.84. The van der Waals surface area contributed by atoms with Gasteiger partial charge in [0, 0.05) is 24.0 Å². The van der Waals surface area contributed by atoms with E-state index in [1.165, 1.54) is 6.42 Å². The molecule has 1 aliphatic carbocycles.